The fourth-order valence-electron chi connectivity index (χ4n) is 4.25. The number of nitrogens with zero attached hydrogens (tertiary/aromatic N) is 2. The van der Waals surface area contributed by atoms with Gasteiger partial charge in [-0.3, -0.25) is 9.36 Å². The molecule has 4 aromatic rings. The van der Waals surface area contributed by atoms with Crippen molar-refractivity contribution in [3.8, 4) is 17.1 Å². The maximum atomic E-state index is 13.8. The Hall–Kier alpha value is -3.95. The van der Waals surface area contributed by atoms with E-state index in [0.29, 0.717) is 37.9 Å². The summed E-state index contributed by atoms with van der Waals surface area (Å²) >= 11 is 4.72. The van der Waals surface area contributed by atoms with Gasteiger partial charge in [-0.15, -0.1) is 0 Å². The second-order valence-electron chi connectivity index (χ2n) is 8.45. The summed E-state index contributed by atoms with van der Waals surface area (Å²) in [6.45, 7) is 5.41. The number of esters is 1. The summed E-state index contributed by atoms with van der Waals surface area (Å²) in [6.07, 6.45) is 3.20. The van der Waals surface area contributed by atoms with E-state index >= 15 is 0 Å². The van der Waals surface area contributed by atoms with Crippen LogP contribution in [0.2, 0.25) is 0 Å². The monoisotopic (exact) mass is 590 g/mol. The number of methoxy groups -OCH3 is 1. The first-order valence-electron chi connectivity index (χ1n) is 11.7. The van der Waals surface area contributed by atoms with E-state index in [1.807, 2.05) is 48.5 Å². The zero-order chi connectivity index (χ0) is 26.8. The van der Waals surface area contributed by atoms with Crippen LogP contribution in [0, 0.1) is 0 Å². The fraction of sp³-hybridized carbons (Fsp3) is 0.138. The molecule has 2 aromatic carbocycles. The van der Waals surface area contributed by atoms with Crippen LogP contribution in [0.15, 0.2) is 103 Å². The van der Waals surface area contributed by atoms with Crippen LogP contribution in [-0.2, 0) is 9.53 Å². The van der Waals surface area contributed by atoms with Gasteiger partial charge >= 0.3 is 5.97 Å². The Balaban J connectivity index is 1.62. The number of hydrogen-bond acceptors (Lipinski definition) is 7. The maximum absolute atomic E-state index is 13.8. The average Bonchev–Trinajstić information content (AvgIpc) is 3.51. The minimum Gasteiger partial charge on any atom is -0.497 e. The number of allylic oxidation sites excluding steroid dienone is 1. The number of furan rings is 1. The highest BCUT2D eigenvalue weighted by Gasteiger charge is 2.33. The number of benzene rings is 2. The lowest BCUT2D eigenvalue weighted by atomic mass is 9.96. The number of aromatic nitrogens is 1. The number of carbonyl (C=O) groups excluding carboxylic acids is 1. The van der Waals surface area contributed by atoms with Crippen LogP contribution in [0.25, 0.3) is 17.4 Å². The Morgan fingerprint density at radius 3 is 2.71 bits per heavy atom. The van der Waals surface area contributed by atoms with E-state index in [9.17, 15) is 9.59 Å². The SMILES string of the molecule is C=CCOC(=O)C1=C(C)N=c2s/c(=C/c3ccc(-c4cccc(Br)c4)o3)c(=O)n2C1c1ccc(OC)cc1. The van der Waals surface area contributed by atoms with Crippen molar-refractivity contribution in [2.45, 2.75) is 13.0 Å². The van der Waals surface area contributed by atoms with Gasteiger partial charge in [-0.25, -0.2) is 9.79 Å². The van der Waals surface area contributed by atoms with Crippen molar-refractivity contribution in [3.63, 3.8) is 0 Å². The number of ether oxygens (including phenoxy) is 2. The van der Waals surface area contributed by atoms with Crippen molar-refractivity contribution in [2.75, 3.05) is 13.7 Å². The largest absolute Gasteiger partial charge is 0.497 e. The third kappa shape index (κ3) is 4.94. The molecule has 0 fully saturated rings. The molecule has 3 heterocycles. The zero-order valence-electron chi connectivity index (χ0n) is 20.6. The Bertz CT molecular complexity index is 1740. The van der Waals surface area contributed by atoms with Crippen LogP contribution in [0.4, 0.5) is 0 Å². The van der Waals surface area contributed by atoms with Crippen molar-refractivity contribution >= 4 is 39.3 Å². The molecule has 38 heavy (non-hydrogen) atoms. The summed E-state index contributed by atoms with van der Waals surface area (Å²) in [5.74, 6) is 1.33. The molecule has 9 heteroatoms. The third-order valence-corrected chi connectivity index (χ3v) is 7.49. The van der Waals surface area contributed by atoms with Crippen LogP contribution in [0.3, 0.4) is 0 Å². The molecule has 0 radical (unpaired) electrons. The van der Waals surface area contributed by atoms with Crippen molar-refractivity contribution in [1.82, 2.24) is 4.57 Å². The number of carbonyl (C=O) groups is 1. The summed E-state index contributed by atoms with van der Waals surface area (Å²) in [6, 6.07) is 18.0. The van der Waals surface area contributed by atoms with E-state index in [2.05, 4.69) is 27.5 Å². The van der Waals surface area contributed by atoms with Gasteiger partial charge in [0.2, 0.25) is 0 Å². The quantitative estimate of drug-likeness (QED) is 0.223. The molecule has 0 spiro atoms. The number of thiazole rings is 1. The summed E-state index contributed by atoms with van der Waals surface area (Å²) in [5, 5.41) is 0. The maximum Gasteiger partial charge on any atom is 0.338 e. The minimum absolute atomic E-state index is 0.0498. The molecule has 1 aliphatic heterocycles. The number of halogens is 1. The molecule has 1 unspecified atom stereocenters. The van der Waals surface area contributed by atoms with E-state index in [1.165, 1.54) is 22.0 Å². The summed E-state index contributed by atoms with van der Waals surface area (Å²) < 4.78 is 19.6. The predicted molar refractivity (Wildman–Crippen MR) is 150 cm³/mol. The van der Waals surface area contributed by atoms with Crippen molar-refractivity contribution in [2.24, 2.45) is 4.99 Å². The van der Waals surface area contributed by atoms with Crippen LogP contribution < -0.4 is 19.6 Å². The summed E-state index contributed by atoms with van der Waals surface area (Å²) in [4.78, 5) is 31.9. The molecule has 0 aliphatic carbocycles. The number of rotatable bonds is 7. The smallest absolute Gasteiger partial charge is 0.338 e. The highest BCUT2D eigenvalue weighted by molar-refractivity contribution is 9.10. The lowest BCUT2D eigenvalue weighted by Crippen LogP contribution is -2.39. The molecular weight excluding hydrogens is 568 g/mol. The van der Waals surface area contributed by atoms with Crippen LogP contribution >= 0.6 is 27.3 Å². The standard InChI is InChI=1S/C29H23BrN2O5S/c1-4-14-36-28(34)25-17(2)31-29-32(26(25)18-8-10-21(35-3)11-9-18)27(33)24(38-29)16-22-12-13-23(37-22)19-6-5-7-20(30)15-19/h4-13,15-16,26H,1,14H2,2-3H3/b24-16+. The number of fused-ring (bicyclic) bond motifs is 1. The molecule has 192 valence electrons. The molecule has 5 rings (SSSR count). The molecule has 0 bridgehead atoms. The second kappa shape index (κ2) is 10.8. The molecule has 0 saturated carbocycles. The topological polar surface area (TPSA) is 83.0 Å². The molecule has 0 saturated heterocycles. The van der Waals surface area contributed by atoms with Gasteiger partial charge in [0.15, 0.2) is 4.80 Å². The second-order valence-corrected chi connectivity index (χ2v) is 10.4. The normalized spacial score (nSPS) is 15.1. The lowest BCUT2D eigenvalue weighted by molar-refractivity contribution is -0.138. The first kappa shape index (κ1) is 25.7. The van der Waals surface area contributed by atoms with Gasteiger partial charge in [-0.05, 0) is 48.9 Å². The molecule has 2 aromatic heterocycles. The summed E-state index contributed by atoms with van der Waals surface area (Å²) in [5.41, 5.74) is 2.15. The minimum atomic E-state index is -0.717. The van der Waals surface area contributed by atoms with Crippen molar-refractivity contribution < 1.29 is 18.7 Å². The molecule has 7 nitrogen and oxygen atoms in total. The van der Waals surface area contributed by atoms with E-state index in [-0.39, 0.29) is 12.2 Å². The molecular formula is C29H23BrN2O5S. The fourth-order valence-corrected chi connectivity index (χ4v) is 5.68. The Morgan fingerprint density at radius 1 is 1.21 bits per heavy atom. The molecule has 0 N–H and O–H groups in total. The Kier molecular flexibility index (Phi) is 7.31. The Morgan fingerprint density at radius 2 is 2.00 bits per heavy atom. The van der Waals surface area contributed by atoms with Crippen LogP contribution in [-0.4, -0.2) is 24.3 Å². The first-order valence-corrected chi connectivity index (χ1v) is 13.3. The molecule has 1 aliphatic rings. The van der Waals surface area contributed by atoms with Gasteiger partial charge in [0.05, 0.1) is 29.0 Å². The predicted octanol–water partition coefficient (Wildman–Crippen LogP) is 5.00. The van der Waals surface area contributed by atoms with Crippen molar-refractivity contribution in [1.29, 1.82) is 0 Å². The average molecular weight is 591 g/mol. The van der Waals surface area contributed by atoms with Crippen molar-refractivity contribution in [3.05, 3.63) is 120 Å². The first-order chi connectivity index (χ1) is 18.4. The van der Waals surface area contributed by atoms with E-state index < -0.39 is 12.0 Å². The van der Waals surface area contributed by atoms with E-state index in [1.54, 1.807) is 32.2 Å². The molecule has 0 amide bonds. The Labute approximate surface area is 230 Å². The highest BCUT2D eigenvalue weighted by Crippen LogP contribution is 2.32. The van der Waals surface area contributed by atoms with Crippen LogP contribution in [0.5, 0.6) is 5.75 Å². The van der Waals surface area contributed by atoms with Gasteiger partial charge in [0.1, 0.15) is 23.9 Å². The van der Waals surface area contributed by atoms with Gasteiger partial charge in [-0.2, -0.15) is 0 Å². The lowest BCUT2D eigenvalue weighted by Gasteiger charge is -2.24. The van der Waals surface area contributed by atoms with Crippen LogP contribution in [0.1, 0.15) is 24.3 Å². The highest BCUT2D eigenvalue weighted by atomic mass is 79.9. The van der Waals surface area contributed by atoms with Gasteiger partial charge in [0.25, 0.3) is 5.56 Å². The van der Waals surface area contributed by atoms with E-state index in [0.717, 1.165) is 15.6 Å². The van der Waals surface area contributed by atoms with Gasteiger partial charge in [-0.1, -0.05) is 64.2 Å². The van der Waals surface area contributed by atoms with E-state index in [4.69, 9.17) is 13.9 Å². The number of hydrogen-bond donors (Lipinski definition) is 0. The zero-order valence-corrected chi connectivity index (χ0v) is 23.0. The van der Waals surface area contributed by atoms with Gasteiger partial charge < -0.3 is 13.9 Å². The molecule has 1 atom stereocenters. The third-order valence-electron chi connectivity index (χ3n) is 6.01. The summed E-state index contributed by atoms with van der Waals surface area (Å²) in [7, 11) is 1.58. The van der Waals surface area contributed by atoms with Gasteiger partial charge in [0, 0.05) is 16.1 Å².